The molecule has 0 spiro atoms. The van der Waals surface area contributed by atoms with Crippen LogP contribution in [0, 0.1) is 5.92 Å². The number of amides is 2. The van der Waals surface area contributed by atoms with Crippen LogP contribution in [0.5, 0.6) is 0 Å². The molecule has 104 valence electrons. The Kier molecular flexibility index (Phi) is 3.38. The molecule has 0 aromatic carbocycles. The first-order valence-corrected chi connectivity index (χ1v) is 5.90. The van der Waals surface area contributed by atoms with E-state index in [4.69, 9.17) is 0 Å². The van der Waals surface area contributed by atoms with Crippen molar-refractivity contribution in [2.45, 2.75) is 26.1 Å². The van der Waals surface area contributed by atoms with Gasteiger partial charge in [-0.15, -0.1) is 0 Å². The van der Waals surface area contributed by atoms with Gasteiger partial charge in [-0.05, 0) is 18.1 Å². The number of anilines is 1. The van der Waals surface area contributed by atoms with Crippen LogP contribution in [0.15, 0.2) is 18.3 Å². The SMILES string of the molecule is CC(C)[C@H]1CN(c2ccc(C(F)(F)F)cn2)C(=O)N1. The van der Waals surface area contributed by atoms with Gasteiger partial charge in [0.15, 0.2) is 0 Å². The molecule has 0 saturated carbocycles. The summed E-state index contributed by atoms with van der Waals surface area (Å²) in [6.07, 6.45) is -3.68. The maximum Gasteiger partial charge on any atom is 0.417 e. The van der Waals surface area contributed by atoms with Crippen LogP contribution >= 0.6 is 0 Å². The minimum Gasteiger partial charge on any atom is -0.333 e. The largest absolute Gasteiger partial charge is 0.417 e. The Labute approximate surface area is 108 Å². The van der Waals surface area contributed by atoms with Crippen LogP contribution < -0.4 is 10.2 Å². The number of aromatic nitrogens is 1. The van der Waals surface area contributed by atoms with Crippen molar-refractivity contribution in [2.75, 3.05) is 11.4 Å². The predicted molar refractivity (Wildman–Crippen MR) is 63.7 cm³/mol. The molecule has 1 fully saturated rings. The molecule has 1 saturated heterocycles. The lowest BCUT2D eigenvalue weighted by molar-refractivity contribution is -0.137. The van der Waals surface area contributed by atoms with Crippen molar-refractivity contribution in [2.24, 2.45) is 5.92 Å². The van der Waals surface area contributed by atoms with Gasteiger partial charge in [-0.2, -0.15) is 13.2 Å². The molecule has 1 aromatic heterocycles. The average molecular weight is 273 g/mol. The number of hydrogen-bond donors (Lipinski definition) is 1. The molecule has 1 aliphatic rings. The summed E-state index contributed by atoms with van der Waals surface area (Å²) in [4.78, 5) is 16.8. The monoisotopic (exact) mass is 273 g/mol. The third-order valence-corrected chi connectivity index (χ3v) is 3.09. The molecule has 1 N–H and O–H groups in total. The number of pyridine rings is 1. The number of rotatable bonds is 2. The Morgan fingerprint density at radius 1 is 1.42 bits per heavy atom. The second kappa shape index (κ2) is 4.71. The fourth-order valence-corrected chi connectivity index (χ4v) is 1.85. The molecule has 4 nitrogen and oxygen atoms in total. The van der Waals surface area contributed by atoms with Gasteiger partial charge in [0.2, 0.25) is 0 Å². The first-order valence-electron chi connectivity index (χ1n) is 5.90. The lowest BCUT2D eigenvalue weighted by Crippen LogP contribution is -2.31. The van der Waals surface area contributed by atoms with Gasteiger partial charge in [0.05, 0.1) is 11.6 Å². The smallest absolute Gasteiger partial charge is 0.333 e. The van der Waals surface area contributed by atoms with Crippen LogP contribution in [0.4, 0.5) is 23.8 Å². The predicted octanol–water partition coefficient (Wildman–Crippen LogP) is 2.65. The van der Waals surface area contributed by atoms with Crippen molar-refractivity contribution in [3.05, 3.63) is 23.9 Å². The third kappa shape index (κ3) is 2.80. The number of halogens is 3. The van der Waals surface area contributed by atoms with Gasteiger partial charge in [0.1, 0.15) is 5.82 Å². The van der Waals surface area contributed by atoms with Crippen LogP contribution in [0.25, 0.3) is 0 Å². The van der Waals surface area contributed by atoms with Crippen LogP contribution in [-0.4, -0.2) is 23.6 Å². The minimum absolute atomic E-state index is 0.0170. The fourth-order valence-electron chi connectivity index (χ4n) is 1.85. The number of carbonyl (C=O) groups excluding carboxylic acids is 1. The Morgan fingerprint density at radius 3 is 2.53 bits per heavy atom. The van der Waals surface area contributed by atoms with Gasteiger partial charge in [-0.1, -0.05) is 13.8 Å². The number of carbonyl (C=O) groups is 1. The third-order valence-electron chi connectivity index (χ3n) is 3.09. The van der Waals surface area contributed by atoms with Gasteiger partial charge < -0.3 is 5.32 Å². The second-order valence-corrected chi connectivity index (χ2v) is 4.81. The standard InChI is InChI=1S/C12H14F3N3O/c1-7(2)9-6-18(11(19)17-9)10-4-3-8(5-16-10)12(13,14)15/h3-5,7,9H,6H2,1-2H3,(H,17,19)/t9-/m1/s1. The number of nitrogens with one attached hydrogen (secondary N) is 1. The molecule has 2 heterocycles. The molecular weight excluding hydrogens is 259 g/mol. The number of nitrogens with zero attached hydrogens (tertiary/aromatic N) is 2. The highest BCUT2D eigenvalue weighted by atomic mass is 19.4. The molecule has 0 aliphatic carbocycles. The summed E-state index contributed by atoms with van der Waals surface area (Å²) in [5.74, 6) is 0.483. The molecule has 0 unspecified atom stereocenters. The van der Waals surface area contributed by atoms with E-state index in [0.717, 1.165) is 12.3 Å². The lowest BCUT2D eigenvalue weighted by atomic mass is 10.1. The zero-order valence-electron chi connectivity index (χ0n) is 10.5. The van der Waals surface area contributed by atoms with Gasteiger partial charge in [0.25, 0.3) is 0 Å². The second-order valence-electron chi connectivity index (χ2n) is 4.81. The molecule has 1 aliphatic heterocycles. The average Bonchev–Trinajstić information content (AvgIpc) is 2.70. The van der Waals surface area contributed by atoms with E-state index >= 15 is 0 Å². The molecule has 0 bridgehead atoms. The van der Waals surface area contributed by atoms with E-state index in [1.165, 1.54) is 11.0 Å². The van der Waals surface area contributed by atoms with Gasteiger partial charge in [0, 0.05) is 12.7 Å². The first kappa shape index (κ1) is 13.6. The van der Waals surface area contributed by atoms with Crippen LogP contribution in [0.2, 0.25) is 0 Å². The number of alkyl halides is 3. The Balaban J connectivity index is 2.17. The zero-order chi connectivity index (χ0) is 14.2. The molecule has 19 heavy (non-hydrogen) atoms. The van der Waals surface area contributed by atoms with Crippen molar-refractivity contribution >= 4 is 11.8 Å². The van der Waals surface area contributed by atoms with Gasteiger partial charge in [-0.3, -0.25) is 4.90 Å². The summed E-state index contributed by atoms with van der Waals surface area (Å²) >= 11 is 0. The molecule has 1 aromatic rings. The Hall–Kier alpha value is -1.79. The first-order chi connectivity index (χ1) is 8.79. The Morgan fingerprint density at radius 2 is 2.11 bits per heavy atom. The van der Waals surface area contributed by atoms with E-state index in [1.807, 2.05) is 13.8 Å². The molecule has 2 amide bonds. The fraction of sp³-hybridized carbons (Fsp3) is 0.500. The summed E-state index contributed by atoms with van der Waals surface area (Å²) in [7, 11) is 0. The molecule has 2 rings (SSSR count). The highest BCUT2D eigenvalue weighted by Gasteiger charge is 2.34. The zero-order valence-corrected chi connectivity index (χ0v) is 10.5. The summed E-state index contributed by atoms with van der Waals surface area (Å²) in [6.45, 7) is 4.35. The normalized spacial score (nSPS) is 20.0. The summed E-state index contributed by atoms with van der Waals surface area (Å²) in [5, 5.41) is 2.77. The van der Waals surface area contributed by atoms with Gasteiger partial charge in [-0.25, -0.2) is 9.78 Å². The summed E-state index contributed by atoms with van der Waals surface area (Å²) in [6, 6.07) is 1.80. The van der Waals surface area contributed by atoms with Crippen molar-refractivity contribution in [1.29, 1.82) is 0 Å². The molecule has 7 heteroatoms. The number of hydrogen-bond acceptors (Lipinski definition) is 2. The van der Waals surface area contributed by atoms with E-state index in [9.17, 15) is 18.0 Å². The highest BCUT2D eigenvalue weighted by molar-refractivity contribution is 5.93. The van der Waals surface area contributed by atoms with E-state index in [1.54, 1.807) is 0 Å². The van der Waals surface area contributed by atoms with E-state index in [2.05, 4.69) is 10.3 Å². The van der Waals surface area contributed by atoms with E-state index in [0.29, 0.717) is 6.54 Å². The van der Waals surface area contributed by atoms with E-state index in [-0.39, 0.29) is 23.8 Å². The van der Waals surface area contributed by atoms with Crippen molar-refractivity contribution in [1.82, 2.24) is 10.3 Å². The minimum atomic E-state index is -4.42. The molecule has 1 atom stereocenters. The highest BCUT2D eigenvalue weighted by Crippen LogP contribution is 2.29. The topological polar surface area (TPSA) is 45.2 Å². The van der Waals surface area contributed by atoms with Crippen LogP contribution in [0.3, 0.4) is 0 Å². The van der Waals surface area contributed by atoms with Crippen LogP contribution in [-0.2, 0) is 6.18 Å². The molecular formula is C12H14F3N3O. The quantitative estimate of drug-likeness (QED) is 0.900. The Bertz CT molecular complexity index is 470. The van der Waals surface area contributed by atoms with Crippen molar-refractivity contribution < 1.29 is 18.0 Å². The summed E-state index contributed by atoms with van der Waals surface area (Å²) < 4.78 is 37.2. The maximum atomic E-state index is 12.4. The van der Waals surface area contributed by atoms with Gasteiger partial charge >= 0.3 is 12.2 Å². The van der Waals surface area contributed by atoms with Crippen molar-refractivity contribution in [3.8, 4) is 0 Å². The summed E-state index contributed by atoms with van der Waals surface area (Å²) in [5.41, 5.74) is -0.823. The van der Waals surface area contributed by atoms with E-state index < -0.39 is 11.7 Å². The van der Waals surface area contributed by atoms with Crippen LogP contribution in [0.1, 0.15) is 19.4 Å². The number of urea groups is 1. The lowest BCUT2D eigenvalue weighted by Gasteiger charge is -2.15. The van der Waals surface area contributed by atoms with Crippen molar-refractivity contribution in [3.63, 3.8) is 0 Å². The maximum absolute atomic E-state index is 12.4. The molecule has 0 radical (unpaired) electrons.